The third-order valence-corrected chi connectivity index (χ3v) is 1.56. The van der Waals surface area contributed by atoms with Crippen LogP contribution in [0.2, 0.25) is 0 Å². The van der Waals surface area contributed by atoms with E-state index in [-0.39, 0.29) is 19.0 Å². The first-order valence-corrected chi connectivity index (χ1v) is 3.40. The second kappa shape index (κ2) is 4.73. The molecule has 52 valence electrons. The molecule has 1 heterocycles. The van der Waals surface area contributed by atoms with Gasteiger partial charge in [-0.25, -0.2) is 0 Å². The van der Waals surface area contributed by atoms with Crippen molar-refractivity contribution >= 4 is 11.3 Å². The molecule has 0 aromatic carbocycles. The molecule has 4 heteroatoms. The number of aliphatic hydroxyl groups is 1. The lowest BCUT2D eigenvalue weighted by Crippen LogP contribution is -3.00. The van der Waals surface area contributed by atoms with E-state index in [1.54, 1.807) is 11.3 Å². The fourth-order valence-corrected chi connectivity index (χ4v) is 1.13. The summed E-state index contributed by atoms with van der Waals surface area (Å²) in [5.74, 6) is 0. The molecular formula is C5H8ClNOS. The summed E-state index contributed by atoms with van der Waals surface area (Å²) in [4.78, 5) is 0. The molecule has 1 rings (SSSR count). The quantitative estimate of drug-likeness (QED) is 0.465. The molecule has 0 saturated carbocycles. The lowest BCUT2D eigenvalue weighted by molar-refractivity contribution is -0.693. The van der Waals surface area contributed by atoms with E-state index in [1.165, 1.54) is 0 Å². The molecule has 0 unspecified atom stereocenters. The van der Waals surface area contributed by atoms with Crippen molar-refractivity contribution in [1.82, 2.24) is 0 Å². The normalized spacial score (nSPS) is 8.56. The van der Waals surface area contributed by atoms with E-state index in [0.29, 0.717) is 6.54 Å². The van der Waals surface area contributed by atoms with Crippen LogP contribution in [0.1, 0.15) is 0 Å². The van der Waals surface area contributed by atoms with Crippen LogP contribution in [0.5, 0.6) is 0 Å². The lowest BCUT2D eigenvalue weighted by Gasteiger charge is -1.81. The highest BCUT2D eigenvalue weighted by molar-refractivity contribution is 7.07. The molecule has 0 fully saturated rings. The largest absolute Gasteiger partial charge is 1.00 e. The molecule has 0 bridgehead atoms. The Bertz CT molecular complexity index is 143. The van der Waals surface area contributed by atoms with E-state index in [2.05, 4.69) is 0 Å². The minimum absolute atomic E-state index is 0. The first-order valence-electron chi connectivity index (χ1n) is 2.45. The third-order valence-electron chi connectivity index (χ3n) is 0.885. The lowest BCUT2D eigenvalue weighted by atomic mass is 10.7. The summed E-state index contributed by atoms with van der Waals surface area (Å²) in [6, 6.07) is 0. The Hall–Kier alpha value is -0.120. The van der Waals surface area contributed by atoms with E-state index in [0.717, 1.165) is 0 Å². The molecule has 0 saturated heterocycles. The molecule has 9 heavy (non-hydrogen) atoms. The zero-order valence-electron chi connectivity index (χ0n) is 4.83. The SMILES string of the molecule is OCC[n+]1ccsc1.[Cl-]. The first-order chi connectivity index (χ1) is 3.93. The summed E-state index contributed by atoms with van der Waals surface area (Å²) in [6.07, 6.45) is 1.95. The van der Waals surface area contributed by atoms with E-state index in [4.69, 9.17) is 5.11 Å². The summed E-state index contributed by atoms with van der Waals surface area (Å²) in [7, 11) is 0. The maximum Gasteiger partial charge on any atom is 0.224 e. The number of aliphatic hydroxyl groups excluding tert-OH is 1. The number of aromatic nitrogens is 1. The van der Waals surface area contributed by atoms with E-state index in [1.807, 2.05) is 21.7 Å². The van der Waals surface area contributed by atoms with Crippen LogP contribution in [-0.2, 0) is 6.54 Å². The molecular weight excluding hydrogens is 158 g/mol. The summed E-state index contributed by atoms with van der Waals surface area (Å²) < 4.78 is 1.95. The summed E-state index contributed by atoms with van der Waals surface area (Å²) in [6.45, 7) is 0.935. The second-order valence-electron chi connectivity index (χ2n) is 1.49. The third kappa shape index (κ3) is 2.79. The van der Waals surface area contributed by atoms with Gasteiger partial charge in [0, 0.05) is 0 Å². The van der Waals surface area contributed by atoms with Crippen molar-refractivity contribution in [2.45, 2.75) is 6.54 Å². The number of thiazole rings is 1. The highest BCUT2D eigenvalue weighted by Crippen LogP contribution is 1.85. The summed E-state index contributed by atoms with van der Waals surface area (Å²) in [5, 5.41) is 10.4. The first kappa shape index (κ1) is 8.88. The average Bonchev–Trinajstić information content (AvgIpc) is 2.19. The number of hydrogen-bond acceptors (Lipinski definition) is 2. The summed E-state index contributed by atoms with van der Waals surface area (Å²) in [5.41, 5.74) is 1.97. The van der Waals surface area contributed by atoms with Gasteiger partial charge in [0.25, 0.3) is 0 Å². The second-order valence-corrected chi connectivity index (χ2v) is 2.24. The molecule has 1 aromatic heterocycles. The van der Waals surface area contributed by atoms with E-state index in [9.17, 15) is 0 Å². The van der Waals surface area contributed by atoms with Gasteiger partial charge in [0.05, 0.1) is 5.38 Å². The van der Waals surface area contributed by atoms with Crippen LogP contribution in [-0.4, -0.2) is 11.7 Å². The predicted octanol–water partition coefficient (Wildman–Crippen LogP) is -2.97. The summed E-state index contributed by atoms with van der Waals surface area (Å²) >= 11 is 1.63. The number of halogens is 1. The topological polar surface area (TPSA) is 24.1 Å². The molecule has 2 nitrogen and oxygen atoms in total. The minimum atomic E-state index is 0. The van der Waals surface area contributed by atoms with Gasteiger partial charge in [0.15, 0.2) is 12.7 Å². The number of hydrogen-bond donors (Lipinski definition) is 1. The van der Waals surface area contributed by atoms with Crippen molar-refractivity contribution in [3.8, 4) is 0 Å². The Morgan fingerprint density at radius 2 is 2.33 bits per heavy atom. The molecule has 0 radical (unpaired) electrons. The average molecular weight is 166 g/mol. The predicted molar refractivity (Wildman–Crippen MR) is 31.6 cm³/mol. The van der Waals surface area contributed by atoms with Crippen LogP contribution in [0.4, 0.5) is 0 Å². The Balaban J connectivity index is 0.000000640. The maximum atomic E-state index is 8.42. The Labute approximate surface area is 64.2 Å². The van der Waals surface area contributed by atoms with Crippen molar-refractivity contribution in [2.24, 2.45) is 0 Å². The smallest absolute Gasteiger partial charge is 0.224 e. The van der Waals surface area contributed by atoms with E-state index >= 15 is 0 Å². The molecule has 1 aromatic rings. The molecule has 0 aliphatic carbocycles. The fraction of sp³-hybridized carbons (Fsp3) is 0.400. The van der Waals surface area contributed by atoms with Gasteiger partial charge in [-0.2, -0.15) is 4.57 Å². The molecule has 1 N–H and O–H groups in total. The van der Waals surface area contributed by atoms with Crippen LogP contribution in [0.25, 0.3) is 0 Å². The van der Waals surface area contributed by atoms with Crippen molar-refractivity contribution < 1.29 is 22.1 Å². The van der Waals surface area contributed by atoms with Gasteiger partial charge in [-0.1, -0.05) is 11.3 Å². The zero-order valence-corrected chi connectivity index (χ0v) is 6.40. The molecule has 0 spiro atoms. The van der Waals surface area contributed by atoms with Crippen molar-refractivity contribution in [3.63, 3.8) is 0 Å². The van der Waals surface area contributed by atoms with Gasteiger partial charge in [0.1, 0.15) is 6.61 Å². The van der Waals surface area contributed by atoms with Gasteiger partial charge in [0.2, 0.25) is 5.51 Å². The maximum absolute atomic E-state index is 8.42. The van der Waals surface area contributed by atoms with Crippen LogP contribution in [0.3, 0.4) is 0 Å². The Morgan fingerprint density at radius 3 is 2.78 bits per heavy atom. The fourth-order valence-electron chi connectivity index (χ4n) is 0.504. The van der Waals surface area contributed by atoms with Gasteiger partial charge in [-0.05, 0) is 0 Å². The van der Waals surface area contributed by atoms with Crippen molar-refractivity contribution in [3.05, 3.63) is 17.1 Å². The van der Waals surface area contributed by atoms with Crippen LogP contribution in [0, 0.1) is 0 Å². The van der Waals surface area contributed by atoms with Gasteiger partial charge < -0.3 is 17.5 Å². The highest BCUT2D eigenvalue weighted by atomic mass is 35.5. The minimum Gasteiger partial charge on any atom is -1.00 e. The number of rotatable bonds is 2. The Morgan fingerprint density at radius 1 is 1.56 bits per heavy atom. The van der Waals surface area contributed by atoms with Gasteiger partial charge in [-0.3, -0.25) is 0 Å². The van der Waals surface area contributed by atoms with Crippen molar-refractivity contribution in [1.29, 1.82) is 0 Å². The van der Waals surface area contributed by atoms with E-state index < -0.39 is 0 Å². The monoisotopic (exact) mass is 165 g/mol. The van der Waals surface area contributed by atoms with Crippen LogP contribution >= 0.6 is 11.3 Å². The van der Waals surface area contributed by atoms with Gasteiger partial charge in [-0.15, -0.1) is 0 Å². The zero-order chi connectivity index (χ0) is 5.82. The Kier molecular flexibility index (Phi) is 4.67. The van der Waals surface area contributed by atoms with Gasteiger partial charge >= 0.3 is 0 Å². The molecule has 0 aliphatic rings. The molecule has 0 aliphatic heterocycles. The standard InChI is InChI=1S/C5H8NOS.ClH/c7-3-1-6-2-4-8-5-6;/h2,4-5,7H,1,3H2;1H/q+1;/p-1. The molecule has 0 amide bonds. The molecule has 0 atom stereocenters. The van der Waals surface area contributed by atoms with Crippen LogP contribution in [0.15, 0.2) is 17.1 Å². The van der Waals surface area contributed by atoms with Crippen LogP contribution < -0.4 is 17.0 Å². The highest BCUT2D eigenvalue weighted by Gasteiger charge is 1.94. The number of nitrogens with zero attached hydrogens (tertiary/aromatic N) is 1. The van der Waals surface area contributed by atoms with Crippen molar-refractivity contribution in [2.75, 3.05) is 6.61 Å².